The number of hydrogen-bond donors (Lipinski definition) is 0. The van der Waals surface area contributed by atoms with Crippen LogP contribution in [-0.4, -0.2) is 23.4 Å². The molecular formula is C12H19Cl2N. The summed E-state index contributed by atoms with van der Waals surface area (Å²) in [6.07, 6.45) is 0. The third-order valence-corrected chi connectivity index (χ3v) is 2.93. The van der Waals surface area contributed by atoms with Crippen LogP contribution >= 0.6 is 24.0 Å². The van der Waals surface area contributed by atoms with E-state index in [1.807, 2.05) is 6.07 Å². The van der Waals surface area contributed by atoms with Gasteiger partial charge in [-0.1, -0.05) is 37.3 Å². The minimum atomic E-state index is 0. The summed E-state index contributed by atoms with van der Waals surface area (Å²) in [6.45, 7) is 6.37. The molecular weight excluding hydrogens is 229 g/mol. The summed E-state index contributed by atoms with van der Waals surface area (Å²) in [5.74, 6) is 0.695. The molecule has 1 nitrogen and oxygen atoms in total. The molecule has 1 rings (SSSR count). The zero-order valence-corrected chi connectivity index (χ0v) is 10.9. The summed E-state index contributed by atoms with van der Waals surface area (Å²) < 4.78 is 0. The van der Waals surface area contributed by atoms with Crippen molar-refractivity contribution < 1.29 is 0 Å². The molecule has 86 valence electrons. The van der Waals surface area contributed by atoms with Gasteiger partial charge in [0.15, 0.2) is 0 Å². The fraction of sp³-hybridized carbons (Fsp3) is 0.500. The Kier molecular flexibility index (Phi) is 7.85. The van der Waals surface area contributed by atoms with Crippen LogP contribution in [-0.2, 0) is 6.54 Å². The van der Waals surface area contributed by atoms with Crippen LogP contribution in [0.4, 0.5) is 0 Å². The predicted molar refractivity (Wildman–Crippen MR) is 70.0 cm³/mol. The van der Waals surface area contributed by atoms with Gasteiger partial charge in [-0.3, -0.25) is 4.90 Å². The van der Waals surface area contributed by atoms with E-state index in [4.69, 9.17) is 11.6 Å². The Morgan fingerprint density at radius 2 is 1.87 bits per heavy atom. The highest BCUT2D eigenvalue weighted by molar-refractivity contribution is 6.18. The van der Waals surface area contributed by atoms with Crippen molar-refractivity contribution in [1.29, 1.82) is 0 Å². The van der Waals surface area contributed by atoms with Gasteiger partial charge in [-0.2, -0.15) is 0 Å². The normalized spacial score (nSPS) is 12.3. The number of rotatable bonds is 5. The molecule has 0 saturated carbocycles. The standard InChI is InChI=1S/C12H18ClN.ClH/c1-3-14(11(2)9-13)10-12-7-5-4-6-8-12;/h4-8,11H,3,9-10H2,1-2H3;1H/t11-;/m0./s1. The van der Waals surface area contributed by atoms with E-state index in [0.29, 0.717) is 11.9 Å². The summed E-state index contributed by atoms with van der Waals surface area (Å²) in [5, 5.41) is 0. The fourth-order valence-electron chi connectivity index (χ4n) is 1.49. The fourth-order valence-corrected chi connectivity index (χ4v) is 1.69. The lowest BCUT2D eigenvalue weighted by Gasteiger charge is -2.26. The van der Waals surface area contributed by atoms with E-state index in [1.165, 1.54) is 5.56 Å². The van der Waals surface area contributed by atoms with Gasteiger partial charge in [-0.25, -0.2) is 0 Å². The van der Waals surface area contributed by atoms with Crippen LogP contribution in [0.3, 0.4) is 0 Å². The van der Waals surface area contributed by atoms with Crippen LogP contribution in [0.25, 0.3) is 0 Å². The Labute approximate surface area is 104 Å². The molecule has 0 heterocycles. The Morgan fingerprint density at radius 1 is 1.27 bits per heavy atom. The van der Waals surface area contributed by atoms with Crippen LogP contribution in [0.2, 0.25) is 0 Å². The quantitative estimate of drug-likeness (QED) is 0.720. The lowest BCUT2D eigenvalue weighted by atomic mass is 10.2. The van der Waals surface area contributed by atoms with Crippen molar-refractivity contribution in [3.8, 4) is 0 Å². The molecule has 1 atom stereocenters. The third-order valence-electron chi connectivity index (χ3n) is 2.48. The van der Waals surface area contributed by atoms with E-state index >= 15 is 0 Å². The van der Waals surface area contributed by atoms with Gasteiger partial charge in [0.1, 0.15) is 0 Å². The second-order valence-electron chi connectivity index (χ2n) is 3.55. The predicted octanol–water partition coefficient (Wildman–Crippen LogP) is 3.56. The summed E-state index contributed by atoms with van der Waals surface area (Å²) >= 11 is 5.85. The Morgan fingerprint density at radius 3 is 2.33 bits per heavy atom. The highest BCUT2D eigenvalue weighted by atomic mass is 35.5. The molecule has 0 N–H and O–H groups in total. The van der Waals surface area contributed by atoms with Gasteiger partial charge in [-0.15, -0.1) is 24.0 Å². The molecule has 0 aromatic heterocycles. The van der Waals surface area contributed by atoms with Gasteiger partial charge >= 0.3 is 0 Å². The highest BCUT2D eigenvalue weighted by Crippen LogP contribution is 2.08. The van der Waals surface area contributed by atoms with E-state index < -0.39 is 0 Å². The van der Waals surface area contributed by atoms with Gasteiger partial charge in [0.25, 0.3) is 0 Å². The maximum absolute atomic E-state index is 5.85. The lowest BCUT2D eigenvalue weighted by Crippen LogP contribution is -2.33. The van der Waals surface area contributed by atoms with Crippen LogP contribution < -0.4 is 0 Å². The van der Waals surface area contributed by atoms with Crippen molar-refractivity contribution in [1.82, 2.24) is 4.90 Å². The first-order chi connectivity index (χ1) is 6.77. The highest BCUT2D eigenvalue weighted by Gasteiger charge is 2.10. The molecule has 3 heteroatoms. The smallest absolute Gasteiger partial charge is 0.0377 e. The topological polar surface area (TPSA) is 3.24 Å². The SMILES string of the molecule is CCN(Cc1ccccc1)[C@@H](C)CCl.Cl. The number of hydrogen-bond acceptors (Lipinski definition) is 1. The lowest BCUT2D eigenvalue weighted by molar-refractivity contribution is 0.227. The maximum atomic E-state index is 5.85. The first-order valence-electron chi connectivity index (χ1n) is 5.11. The molecule has 0 radical (unpaired) electrons. The first kappa shape index (κ1) is 14.8. The molecule has 1 aromatic rings. The number of alkyl halides is 1. The zero-order valence-electron chi connectivity index (χ0n) is 9.32. The van der Waals surface area contributed by atoms with Crippen molar-refractivity contribution >= 4 is 24.0 Å². The van der Waals surface area contributed by atoms with Gasteiger partial charge in [0.2, 0.25) is 0 Å². The van der Waals surface area contributed by atoms with Crippen LogP contribution in [0.15, 0.2) is 30.3 Å². The maximum Gasteiger partial charge on any atom is 0.0377 e. The second-order valence-corrected chi connectivity index (χ2v) is 3.86. The Hall–Kier alpha value is -0.240. The number of halogens is 2. The van der Waals surface area contributed by atoms with E-state index in [9.17, 15) is 0 Å². The van der Waals surface area contributed by atoms with Crippen molar-refractivity contribution in [3.63, 3.8) is 0 Å². The van der Waals surface area contributed by atoms with Gasteiger partial charge < -0.3 is 0 Å². The minimum absolute atomic E-state index is 0. The van der Waals surface area contributed by atoms with Crippen molar-refractivity contribution in [3.05, 3.63) is 35.9 Å². The molecule has 0 bridgehead atoms. The summed E-state index contributed by atoms with van der Waals surface area (Å²) in [4.78, 5) is 2.38. The monoisotopic (exact) mass is 247 g/mol. The minimum Gasteiger partial charge on any atom is -0.296 e. The molecule has 0 spiro atoms. The van der Waals surface area contributed by atoms with E-state index in [1.54, 1.807) is 0 Å². The van der Waals surface area contributed by atoms with E-state index in [2.05, 4.69) is 43.0 Å². The first-order valence-corrected chi connectivity index (χ1v) is 5.65. The molecule has 1 aromatic carbocycles. The second kappa shape index (κ2) is 7.98. The van der Waals surface area contributed by atoms with Gasteiger partial charge in [0, 0.05) is 18.5 Å². The van der Waals surface area contributed by atoms with E-state index in [0.717, 1.165) is 13.1 Å². The zero-order chi connectivity index (χ0) is 10.4. The molecule has 0 unspecified atom stereocenters. The van der Waals surface area contributed by atoms with E-state index in [-0.39, 0.29) is 12.4 Å². The average Bonchev–Trinajstić information content (AvgIpc) is 2.26. The third kappa shape index (κ3) is 4.87. The molecule has 0 amide bonds. The van der Waals surface area contributed by atoms with Crippen LogP contribution in [0, 0.1) is 0 Å². The van der Waals surface area contributed by atoms with Crippen molar-refractivity contribution in [2.24, 2.45) is 0 Å². The molecule has 0 aliphatic carbocycles. The molecule has 0 aliphatic rings. The van der Waals surface area contributed by atoms with Crippen LogP contribution in [0.1, 0.15) is 19.4 Å². The molecule has 0 saturated heterocycles. The van der Waals surface area contributed by atoms with Gasteiger partial charge in [-0.05, 0) is 19.0 Å². The number of nitrogens with zero attached hydrogens (tertiary/aromatic N) is 1. The average molecular weight is 248 g/mol. The summed E-state index contributed by atoms with van der Waals surface area (Å²) in [7, 11) is 0. The van der Waals surface area contributed by atoms with Gasteiger partial charge in [0.05, 0.1) is 0 Å². The molecule has 15 heavy (non-hydrogen) atoms. The Bertz CT molecular complexity index is 251. The van der Waals surface area contributed by atoms with Crippen molar-refractivity contribution in [2.75, 3.05) is 12.4 Å². The number of benzene rings is 1. The molecule has 0 aliphatic heterocycles. The van der Waals surface area contributed by atoms with Crippen molar-refractivity contribution in [2.45, 2.75) is 26.4 Å². The summed E-state index contributed by atoms with van der Waals surface area (Å²) in [6, 6.07) is 11.0. The largest absolute Gasteiger partial charge is 0.296 e. The summed E-state index contributed by atoms with van der Waals surface area (Å²) in [5.41, 5.74) is 1.35. The Balaban J connectivity index is 0.00000196. The van der Waals surface area contributed by atoms with Crippen LogP contribution in [0.5, 0.6) is 0 Å². The molecule has 0 fully saturated rings.